The van der Waals surface area contributed by atoms with Crippen molar-refractivity contribution in [1.82, 2.24) is 9.97 Å². The second-order valence-electron chi connectivity index (χ2n) is 13.1. The van der Waals surface area contributed by atoms with Crippen molar-refractivity contribution in [2.45, 2.75) is 102 Å². The number of halogens is 1. The second-order valence-corrected chi connectivity index (χ2v) is 16.7. The molecule has 2 aliphatic carbocycles. The third kappa shape index (κ3) is 14.7. The zero-order chi connectivity index (χ0) is 32.3. The highest BCUT2D eigenvalue weighted by molar-refractivity contribution is 7.89. The number of nitrogens with two attached hydrogens (primary N) is 2. The zero-order valence-corrected chi connectivity index (χ0v) is 28.2. The smallest absolute Gasteiger partial charge is 0.239 e. The summed E-state index contributed by atoms with van der Waals surface area (Å²) < 4.78 is 49.0. The minimum absolute atomic E-state index is 0.00281. The normalized spacial score (nSPS) is 20.8. The first-order chi connectivity index (χ1) is 19.9. The molecule has 2 heterocycles. The van der Waals surface area contributed by atoms with Crippen LogP contribution in [-0.2, 0) is 20.0 Å². The first-order valence-corrected chi connectivity index (χ1v) is 18.2. The summed E-state index contributed by atoms with van der Waals surface area (Å²) in [5.41, 5.74) is 1.08. The van der Waals surface area contributed by atoms with Gasteiger partial charge in [0.2, 0.25) is 25.9 Å². The second kappa shape index (κ2) is 16.5. The van der Waals surface area contributed by atoms with E-state index in [0.29, 0.717) is 29.9 Å². The molecule has 2 saturated carbocycles. The molecule has 4 rings (SSSR count). The maximum Gasteiger partial charge on any atom is 0.239 e. The number of ether oxygens (including phenoxy) is 1. The lowest BCUT2D eigenvalue weighted by molar-refractivity contribution is 0.266. The monoisotopic (exact) mass is 660 g/mol. The highest BCUT2D eigenvalue weighted by Crippen LogP contribution is 2.43. The number of pyridine rings is 2. The summed E-state index contributed by atoms with van der Waals surface area (Å²) in [7, 11) is -7.33. The molecular weight excluding hydrogens is 612 g/mol. The number of nitrogens with zero attached hydrogens (tertiary/aromatic N) is 2. The minimum Gasteiger partial charge on any atom is -0.478 e. The van der Waals surface area contributed by atoms with Crippen molar-refractivity contribution in [2.24, 2.45) is 32.9 Å². The minimum atomic E-state index is -3.68. The molecule has 43 heavy (non-hydrogen) atoms. The van der Waals surface area contributed by atoms with E-state index in [4.69, 9.17) is 31.7 Å². The van der Waals surface area contributed by atoms with Gasteiger partial charge >= 0.3 is 0 Å². The van der Waals surface area contributed by atoms with Crippen LogP contribution in [0.25, 0.3) is 0 Å². The van der Waals surface area contributed by atoms with E-state index in [1.54, 1.807) is 6.07 Å². The van der Waals surface area contributed by atoms with E-state index in [2.05, 4.69) is 37.7 Å². The first kappa shape index (κ1) is 37.4. The van der Waals surface area contributed by atoms with E-state index in [9.17, 15) is 16.8 Å². The van der Waals surface area contributed by atoms with Crippen molar-refractivity contribution < 1.29 is 26.7 Å². The summed E-state index contributed by atoms with van der Waals surface area (Å²) in [4.78, 5) is 7.47. The Morgan fingerprint density at radius 2 is 1.33 bits per heavy atom. The summed E-state index contributed by atoms with van der Waals surface area (Å²) >= 11 is 5.42. The van der Waals surface area contributed by atoms with Crippen LogP contribution in [0.5, 0.6) is 5.88 Å². The molecule has 0 amide bonds. The third-order valence-electron chi connectivity index (χ3n) is 7.98. The zero-order valence-electron chi connectivity index (χ0n) is 25.8. The Bertz CT molecular complexity index is 1340. The molecule has 0 bridgehead atoms. The number of aliphatic hydroxyl groups is 1. The molecule has 0 aliphatic heterocycles. The van der Waals surface area contributed by atoms with Gasteiger partial charge in [-0.3, -0.25) is 0 Å². The molecule has 0 aromatic carbocycles. The summed E-state index contributed by atoms with van der Waals surface area (Å²) in [6.45, 7) is 10.4. The molecular formula is C30H49ClN4O6S2. The predicted octanol–water partition coefficient (Wildman–Crippen LogP) is 5.68. The molecule has 13 heteroatoms. The van der Waals surface area contributed by atoms with Gasteiger partial charge < -0.3 is 9.84 Å². The number of primary sulfonamides is 2. The molecule has 244 valence electrons. The van der Waals surface area contributed by atoms with E-state index < -0.39 is 20.0 Å². The van der Waals surface area contributed by atoms with Gasteiger partial charge in [-0.25, -0.2) is 37.1 Å². The molecule has 2 aromatic heterocycles. The van der Waals surface area contributed by atoms with Gasteiger partial charge in [-0.15, -0.1) is 0 Å². The van der Waals surface area contributed by atoms with Crippen molar-refractivity contribution in [3.8, 4) is 5.88 Å². The number of rotatable bonds is 10. The third-order valence-corrected chi connectivity index (χ3v) is 10.0. The van der Waals surface area contributed by atoms with Gasteiger partial charge in [0.15, 0.2) is 0 Å². The average Bonchev–Trinajstić information content (AvgIpc) is 3.45. The molecule has 2 atom stereocenters. The topological polar surface area (TPSA) is 176 Å². The lowest BCUT2D eigenvalue weighted by Gasteiger charge is -2.17. The maximum absolute atomic E-state index is 11.1. The molecule has 0 spiro atoms. The van der Waals surface area contributed by atoms with E-state index in [-0.39, 0.29) is 14.9 Å². The Labute approximate surface area is 263 Å². The van der Waals surface area contributed by atoms with Crippen molar-refractivity contribution in [3.63, 3.8) is 0 Å². The lowest BCUT2D eigenvalue weighted by atomic mass is 9.89. The Kier molecular flexibility index (Phi) is 14.3. The first-order valence-electron chi connectivity index (χ1n) is 14.8. The number of aromatic nitrogens is 2. The summed E-state index contributed by atoms with van der Waals surface area (Å²) in [6, 6.07) is 5.61. The van der Waals surface area contributed by atoms with Crippen LogP contribution >= 0.6 is 11.6 Å². The van der Waals surface area contributed by atoms with Crippen LogP contribution < -0.4 is 15.0 Å². The quantitative estimate of drug-likeness (QED) is 0.215. The van der Waals surface area contributed by atoms with E-state index in [0.717, 1.165) is 30.9 Å². The Morgan fingerprint density at radius 1 is 0.837 bits per heavy atom. The Morgan fingerprint density at radius 3 is 1.70 bits per heavy atom. The standard InChI is InChI=1S/C15H24N2O3S.C10H20O.C5H5ClN2O2S/c1-15(2)8-7-12(10-15)4-3-9-20-14-6-5-13(11-17-14)21(16,18)19;1-10(2)6-5-9(8-10)4-3-7-11;6-5-2-1-4(3-8-5)11(7,9)10/h5-6,11-12H,3-4,7-10H2,1-2H3,(H2,16,18,19);9,11H,3-8H2,1-2H3;1-3H,(H2,7,9,10). The molecule has 0 saturated heterocycles. The molecule has 2 unspecified atom stereocenters. The summed E-state index contributed by atoms with van der Waals surface area (Å²) in [6.07, 6.45) is 14.8. The highest BCUT2D eigenvalue weighted by Gasteiger charge is 2.31. The number of sulfonamides is 2. The van der Waals surface area contributed by atoms with Crippen LogP contribution in [0.2, 0.25) is 5.15 Å². The van der Waals surface area contributed by atoms with Crippen LogP contribution in [0.3, 0.4) is 0 Å². The van der Waals surface area contributed by atoms with E-state index in [1.807, 2.05) is 0 Å². The Balaban J connectivity index is 0.000000247. The van der Waals surface area contributed by atoms with Crippen molar-refractivity contribution in [2.75, 3.05) is 13.2 Å². The molecule has 5 N–H and O–H groups in total. The van der Waals surface area contributed by atoms with Crippen molar-refractivity contribution in [1.29, 1.82) is 0 Å². The molecule has 2 aromatic rings. The molecule has 0 radical (unpaired) electrons. The van der Waals surface area contributed by atoms with Crippen LogP contribution in [-0.4, -0.2) is 45.1 Å². The molecule has 10 nitrogen and oxygen atoms in total. The van der Waals surface area contributed by atoms with Crippen LogP contribution in [0.15, 0.2) is 46.5 Å². The number of hydrogen-bond acceptors (Lipinski definition) is 8. The predicted molar refractivity (Wildman–Crippen MR) is 170 cm³/mol. The van der Waals surface area contributed by atoms with E-state index >= 15 is 0 Å². The van der Waals surface area contributed by atoms with Gasteiger partial charge in [0.05, 0.1) is 12.8 Å². The SMILES string of the molecule is CC1(C)CCC(CCCO)C1.CC1(C)CCC(CCCOc2ccc(S(N)(=O)=O)cn2)C1.NS(=O)(=O)c1ccc(Cl)nc1. The van der Waals surface area contributed by atoms with Gasteiger partial charge in [0.1, 0.15) is 14.9 Å². The van der Waals surface area contributed by atoms with E-state index in [1.165, 1.54) is 75.8 Å². The fourth-order valence-corrected chi connectivity index (χ4v) is 6.76. The van der Waals surface area contributed by atoms with Gasteiger partial charge in [-0.05, 0) is 105 Å². The Hall–Kier alpha value is -1.83. The van der Waals surface area contributed by atoms with Crippen LogP contribution in [0, 0.1) is 22.7 Å². The lowest BCUT2D eigenvalue weighted by Crippen LogP contribution is -2.12. The maximum atomic E-state index is 11.1. The molecule has 2 fully saturated rings. The average molecular weight is 661 g/mol. The largest absolute Gasteiger partial charge is 0.478 e. The number of aliphatic hydroxyl groups excluding tert-OH is 1. The van der Waals surface area contributed by atoms with Crippen LogP contribution in [0.1, 0.15) is 91.9 Å². The van der Waals surface area contributed by atoms with Gasteiger partial charge in [-0.1, -0.05) is 39.3 Å². The highest BCUT2D eigenvalue weighted by atomic mass is 35.5. The fraction of sp³-hybridized carbons (Fsp3) is 0.667. The number of hydrogen-bond donors (Lipinski definition) is 3. The van der Waals surface area contributed by atoms with Crippen molar-refractivity contribution >= 4 is 31.6 Å². The van der Waals surface area contributed by atoms with Crippen LogP contribution in [0.4, 0.5) is 0 Å². The van der Waals surface area contributed by atoms with Gasteiger partial charge in [0, 0.05) is 18.9 Å². The summed E-state index contributed by atoms with van der Waals surface area (Å²) in [5.74, 6) is 2.15. The summed E-state index contributed by atoms with van der Waals surface area (Å²) in [5, 5.41) is 18.7. The van der Waals surface area contributed by atoms with Gasteiger partial charge in [0.25, 0.3) is 0 Å². The fourth-order valence-electron chi connectivity index (χ4n) is 5.73. The molecule has 2 aliphatic rings. The van der Waals surface area contributed by atoms with Gasteiger partial charge in [-0.2, -0.15) is 0 Å². The van der Waals surface area contributed by atoms with Crippen molar-refractivity contribution in [3.05, 3.63) is 41.8 Å².